The molecule has 6 heteroatoms. The van der Waals surface area contributed by atoms with Gasteiger partial charge in [0.15, 0.2) is 0 Å². The lowest BCUT2D eigenvalue weighted by Gasteiger charge is -2.36. The van der Waals surface area contributed by atoms with E-state index in [0.717, 1.165) is 32.7 Å². The molecule has 2 amide bonds. The van der Waals surface area contributed by atoms with Crippen LogP contribution >= 0.6 is 11.8 Å². The predicted molar refractivity (Wildman–Crippen MR) is 97.8 cm³/mol. The van der Waals surface area contributed by atoms with Crippen LogP contribution in [-0.2, 0) is 9.59 Å². The van der Waals surface area contributed by atoms with E-state index in [4.69, 9.17) is 0 Å². The normalized spacial score (nSPS) is 22.6. The number of nitrogens with zero attached hydrogens (tertiary/aromatic N) is 2. The summed E-state index contributed by atoms with van der Waals surface area (Å²) in [5, 5.41) is 2.80. The number of amides is 2. The molecule has 0 radical (unpaired) electrons. The number of hydrogen-bond donors (Lipinski definition) is 1. The van der Waals surface area contributed by atoms with Crippen molar-refractivity contribution in [1.29, 1.82) is 0 Å². The molecule has 128 valence electrons. The average Bonchev–Trinajstić information content (AvgIpc) is 2.63. The zero-order valence-electron chi connectivity index (χ0n) is 13.7. The maximum atomic E-state index is 12.5. The molecule has 2 aliphatic rings. The summed E-state index contributed by atoms with van der Waals surface area (Å²) in [7, 11) is 0. The first kappa shape index (κ1) is 17.0. The Balaban J connectivity index is 1.43. The van der Waals surface area contributed by atoms with E-state index in [-0.39, 0.29) is 17.9 Å². The molecule has 1 aromatic rings. The van der Waals surface area contributed by atoms with Crippen LogP contribution in [0.2, 0.25) is 0 Å². The molecule has 2 fully saturated rings. The first-order chi connectivity index (χ1) is 11.7. The highest BCUT2D eigenvalue weighted by atomic mass is 32.2. The topological polar surface area (TPSA) is 52.7 Å². The second-order valence-corrected chi connectivity index (χ2v) is 7.10. The minimum absolute atomic E-state index is 0.0331. The number of carbonyl (C=O) groups excluding carboxylic acids is 2. The van der Waals surface area contributed by atoms with Crippen molar-refractivity contribution in [1.82, 2.24) is 15.1 Å². The Morgan fingerprint density at radius 2 is 1.96 bits per heavy atom. The number of hydrogen-bond acceptors (Lipinski definition) is 4. The van der Waals surface area contributed by atoms with Crippen molar-refractivity contribution in [2.24, 2.45) is 0 Å². The predicted octanol–water partition coefficient (Wildman–Crippen LogP) is 1.08. The van der Waals surface area contributed by atoms with E-state index in [9.17, 15) is 9.59 Å². The quantitative estimate of drug-likeness (QED) is 0.887. The van der Waals surface area contributed by atoms with Crippen molar-refractivity contribution in [3.63, 3.8) is 0 Å². The lowest BCUT2D eigenvalue weighted by Crippen LogP contribution is -2.57. The van der Waals surface area contributed by atoms with Gasteiger partial charge in [0.1, 0.15) is 6.04 Å². The Morgan fingerprint density at radius 3 is 2.67 bits per heavy atom. The van der Waals surface area contributed by atoms with Crippen LogP contribution in [-0.4, -0.2) is 71.9 Å². The zero-order chi connectivity index (χ0) is 16.8. The molecule has 2 saturated heterocycles. The maximum Gasteiger partial charge on any atom is 0.246 e. The molecular weight excluding hydrogens is 322 g/mol. The summed E-state index contributed by atoms with van der Waals surface area (Å²) < 4.78 is 0. The molecule has 0 saturated carbocycles. The monoisotopic (exact) mass is 345 g/mol. The van der Waals surface area contributed by atoms with E-state index in [1.54, 1.807) is 0 Å². The molecule has 1 unspecified atom stereocenters. The van der Waals surface area contributed by atoms with Gasteiger partial charge in [0, 0.05) is 38.5 Å². The summed E-state index contributed by atoms with van der Waals surface area (Å²) in [5.74, 6) is 1.18. The van der Waals surface area contributed by atoms with Crippen LogP contribution in [0.15, 0.2) is 36.4 Å². The van der Waals surface area contributed by atoms with Gasteiger partial charge < -0.3 is 10.2 Å². The molecular formula is C18H23N3O2S. The smallest absolute Gasteiger partial charge is 0.246 e. The molecule has 0 aromatic heterocycles. The van der Waals surface area contributed by atoms with E-state index in [2.05, 4.69) is 34.5 Å². The number of rotatable bonds is 4. The fourth-order valence-electron chi connectivity index (χ4n) is 2.95. The van der Waals surface area contributed by atoms with Crippen molar-refractivity contribution in [3.8, 4) is 0 Å². The van der Waals surface area contributed by atoms with Crippen molar-refractivity contribution in [2.45, 2.75) is 6.04 Å². The Morgan fingerprint density at radius 1 is 1.21 bits per heavy atom. The van der Waals surface area contributed by atoms with Crippen LogP contribution in [0.4, 0.5) is 0 Å². The van der Waals surface area contributed by atoms with Gasteiger partial charge in [0.25, 0.3) is 0 Å². The fourth-order valence-corrected chi connectivity index (χ4v) is 3.80. The number of carbonyl (C=O) groups is 2. The fraction of sp³-hybridized carbons (Fsp3) is 0.444. The summed E-state index contributed by atoms with van der Waals surface area (Å²) in [6.45, 7) is 4.11. The third-order valence-corrected chi connectivity index (χ3v) is 5.34. The van der Waals surface area contributed by atoms with Gasteiger partial charge in [-0.15, -0.1) is 11.8 Å². The molecule has 2 heterocycles. The summed E-state index contributed by atoms with van der Waals surface area (Å²) >= 11 is 1.53. The maximum absolute atomic E-state index is 12.5. The molecule has 1 aromatic carbocycles. The summed E-state index contributed by atoms with van der Waals surface area (Å²) in [4.78, 5) is 28.1. The van der Waals surface area contributed by atoms with Gasteiger partial charge in [-0.2, -0.15) is 0 Å². The number of benzene rings is 1. The van der Waals surface area contributed by atoms with Crippen molar-refractivity contribution >= 4 is 29.7 Å². The first-order valence-electron chi connectivity index (χ1n) is 8.32. The summed E-state index contributed by atoms with van der Waals surface area (Å²) in [6, 6.07) is 9.91. The Hall–Kier alpha value is -1.79. The first-order valence-corrected chi connectivity index (χ1v) is 9.48. The van der Waals surface area contributed by atoms with E-state index >= 15 is 0 Å². The lowest BCUT2D eigenvalue weighted by molar-refractivity contribution is -0.137. The second kappa shape index (κ2) is 8.35. The van der Waals surface area contributed by atoms with Gasteiger partial charge in [0.2, 0.25) is 11.8 Å². The summed E-state index contributed by atoms with van der Waals surface area (Å²) in [5.41, 5.74) is 1.21. The number of nitrogens with one attached hydrogen (secondary N) is 1. The van der Waals surface area contributed by atoms with Gasteiger partial charge in [-0.3, -0.25) is 14.5 Å². The van der Waals surface area contributed by atoms with Crippen LogP contribution < -0.4 is 5.32 Å². The molecule has 5 nitrogen and oxygen atoms in total. The van der Waals surface area contributed by atoms with Gasteiger partial charge in [0.05, 0.1) is 5.75 Å². The minimum atomic E-state index is -0.347. The van der Waals surface area contributed by atoms with Crippen molar-refractivity contribution < 1.29 is 9.59 Å². The molecule has 0 bridgehead atoms. The second-order valence-electron chi connectivity index (χ2n) is 6.07. The molecule has 0 aliphatic carbocycles. The Kier molecular flexibility index (Phi) is 5.93. The lowest BCUT2D eigenvalue weighted by atomic mass is 10.2. The summed E-state index contributed by atoms with van der Waals surface area (Å²) in [6.07, 6.45) is 4.30. The number of thioether (sulfide) groups is 1. The van der Waals surface area contributed by atoms with Gasteiger partial charge in [-0.05, 0) is 5.56 Å². The SMILES string of the molecule is O=C1CSCC(C(=O)N2CCN(C/C=C/c3ccccc3)CC2)N1. The standard InChI is InChI=1S/C18H23N3O2S/c22-17-14-24-13-16(19-17)18(23)21-11-9-20(10-12-21)8-4-7-15-5-2-1-3-6-15/h1-7,16H,8-14H2,(H,19,22)/b7-4+. The third-order valence-electron chi connectivity index (χ3n) is 4.31. The number of piperazine rings is 1. The van der Waals surface area contributed by atoms with E-state index in [1.165, 1.54) is 17.3 Å². The van der Waals surface area contributed by atoms with Gasteiger partial charge in [-0.1, -0.05) is 42.5 Å². The molecule has 2 aliphatic heterocycles. The highest BCUT2D eigenvalue weighted by Gasteiger charge is 2.30. The highest BCUT2D eigenvalue weighted by molar-refractivity contribution is 8.00. The van der Waals surface area contributed by atoms with Crippen LogP contribution in [0.1, 0.15) is 5.56 Å². The molecule has 1 atom stereocenters. The largest absolute Gasteiger partial charge is 0.343 e. The highest BCUT2D eigenvalue weighted by Crippen LogP contribution is 2.12. The Bertz CT molecular complexity index is 598. The van der Waals surface area contributed by atoms with E-state index in [0.29, 0.717) is 11.5 Å². The van der Waals surface area contributed by atoms with Crippen LogP contribution in [0.25, 0.3) is 6.08 Å². The molecule has 24 heavy (non-hydrogen) atoms. The van der Waals surface area contributed by atoms with Gasteiger partial charge >= 0.3 is 0 Å². The zero-order valence-corrected chi connectivity index (χ0v) is 14.5. The van der Waals surface area contributed by atoms with Crippen molar-refractivity contribution in [3.05, 3.63) is 42.0 Å². The molecule has 1 N–H and O–H groups in total. The molecule has 3 rings (SSSR count). The van der Waals surface area contributed by atoms with Crippen LogP contribution in [0.5, 0.6) is 0 Å². The third kappa shape index (κ3) is 4.61. The molecule has 0 spiro atoms. The minimum Gasteiger partial charge on any atom is -0.343 e. The van der Waals surface area contributed by atoms with Crippen molar-refractivity contribution in [2.75, 3.05) is 44.2 Å². The van der Waals surface area contributed by atoms with E-state index in [1.807, 2.05) is 23.1 Å². The average molecular weight is 345 g/mol. The van der Waals surface area contributed by atoms with Crippen LogP contribution in [0.3, 0.4) is 0 Å². The van der Waals surface area contributed by atoms with Crippen LogP contribution in [0, 0.1) is 0 Å². The Labute approximate surface area is 147 Å². The van der Waals surface area contributed by atoms with Gasteiger partial charge in [-0.25, -0.2) is 0 Å². The van der Waals surface area contributed by atoms with E-state index < -0.39 is 0 Å².